The minimum Gasteiger partial charge on any atom is -0.396 e. The molecule has 9 heteroatoms. The van der Waals surface area contributed by atoms with Crippen molar-refractivity contribution in [3.05, 3.63) is 53.1 Å². The minimum atomic E-state index is -0.842. The highest BCUT2D eigenvalue weighted by atomic mass is 35.5. The molecule has 1 spiro atoms. The van der Waals surface area contributed by atoms with Crippen molar-refractivity contribution >= 4 is 46.8 Å². The third-order valence-corrected chi connectivity index (χ3v) is 9.67. The second-order valence-electron chi connectivity index (χ2n) is 9.71. The third kappa shape index (κ3) is 3.72. The molecular formula is C26H30ClN3O4S. The maximum absolute atomic E-state index is 14.3. The number of nitrogens with zero attached hydrogens (tertiary/aromatic N) is 3. The van der Waals surface area contributed by atoms with E-state index in [0.717, 1.165) is 5.56 Å². The smallest absolute Gasteiger partial charge is 0.251 e. The van der Waals surface area contributed by atoms with Gasteiger partial charge in [0.05, 0.1) is 27.3 Å². The Morgan fingerprint density at radius 2 is 1.91 bits per heavy atom. The second-order valence-corrected chi connectivity index (χ2v) is 11.6. The van der Waals surface area contributed by atoms with E-state index >= 15 is 0 Å². The number of aliphatic hydroxyl groups excluding tert-OH is 1. The van der Waals surface area contributed by atoms with E-state index in [9.17, 15) is 19.5 Å². The fourth-order valence-electron chi connectivity index (χ4n) is 6.06. The molecule has 0 aliphatic carbocycles. The molecule has 3 amide bonds. The summed E-state index contributed by atoms with van der Waals surface area (Å²) in [6.45, 7) is 3.15. The number of anilines is 1. The topological polar surface area (TPSA) is 81.2 Å². The van der Waals surface area contributed by atoms with E-state index in [1.807, 2.05) is 43.4 Å². The summed E-state index contributed by atoms with van der Waals surface area (Å²) in [6, 6.07) is 4.79. The molecule has 2 saturated heterocycles. The standard InChI is InChI=1S/C26H30ClN3O4S/c1-16-8-5-9-17(27)21(16)29-14-7-11-26-20(19-18(35-26)10-6-12-28(2)23(19)32)24(33)30(13-3-4-15-31)22(26)25(29)34/h5-11,18-20,22,31H,3-4,12-15H2,1-2H3/t18-,19+,20+,22?,26+/m1/s1. The SMILES string of the molecule is Cc1cccc(Cl)c1N1CC=C[C@]23S[C@@H]4C=CCN(C)C(=O)[C@@H]4[C@H]2C(=O)N(CCCCO)C3C1=O. The number of fused-ring (bicyclic) bond motifs is 2. The van der Waals surface area contributed by atoms with Crippen LogP contribution in [0.1, 0.15) is 18.4 Å². The van der Waals surface area contributed by atoms with Gasteiger partial charge in [-0.15, -0.1) is 11.8 Å². The molecule has 4 aliphatic heterocycles. The number of carbonyl (C=O) groups excluding carboxylic acids is 3. The van der Waals surface area contributed by atoms with Crippen LogP contribution < -0.4 is 4.90 Å². The first-order chi connectivity index (χ1) is 16.8. The molecule has 186 valence electrons. The van der Waals surface area contributed by atoms with Crippen LogP contribution in [0.2, 0.25) is 5.02 Å². The zero-order valence-corrected chi connectivity index (χ0v) is 21.5. The van der Waals surface area contributed by atoms with Crippen LogP contribution in [0.4, 0.5) is 5.69 Å². The highest BCUT2D eigenvalue weighted by Crippen LogP contribution is 2.61. The van der Waals surface area contributed by atoms with E-state index in [-0.39, 0.29) is 29.6 Å². The number of unbranched alkanes of at least 4 members (excludes halogenated alkanes) is 1. The number of rotatable bonds is 5. The first kappa shape index (κ1) is 24.4. The number of para-hydroxylation sites is 1. The number of likely N-dealkylation sites (N-methyl/N-ethyl adjacent to an activating group) is 1. The van der Waals surface area contributed by atoms with Crippen LogP contribution in [0.25, 0.3) is 0 Å². The molecule has 5 atom stereocenters. The summed E-state index contributed by atoms with van der Waals surface area (Å²) >= 11 is 8.14. The molecule has 35 heavy (non-hydrogen) atoms. The van der Waals surface area contributed by atoms with Gasteiger partial charge in [0.2, 0.25) is 11.8 Å². The van der Waals surface area contributed by atoms with Crippen molar-refractivity contribution in [3.63, 3.8) is 0 Å². The van der Waals surface area contributed by atoms with Gasteiger partial charge in [-0.2, -0.15) is 0 Å². The normalized spacial score (nSPS) is 32.0. The Balaban J connectivity index is 1.62. The largest absolute Gasteiger partial charge is 0.396 e. The van der Waals surface area contributed by atoms with Gasteiger partial charge in [-0.05, 0) is 31.4 Å². The van der Waals surface area contributed by atoms with Gasteiger partial charge in [0.25, 0.3) is 5.91 Å². The van der Waals surface area contributed by atoms with Crippen LogP contribution in [0.15, 0.2) is 42.5 Å². The summed E-state index contributed by atoms with van der Waals surface area (Å²) < 4.78 is -0.842. The highest BCUT2D eigenvalue weighted by Gasteiger charge is 2.70. The Kier molecular flexibility index (Phi) is 6.48. The van der Waals surface area contributed by atoms with Gasteiger partial charge in [-0.3, -0.25) is 14.4 Å². The van der Waals surface area contributed by atoms with Crippen molar-refractivity contribution < 1.29 is 19.5 Å². The zero-order valence-electron chi connectivity index (χ0n) is 19.9. The predicted molar refractivity (Wildman–Crippen MR) is 137 cm³/mol. The monoisotopic (exact) mass is 515 g/mol. The molecule has 1 aromatic rings. The first-order valence-electron chi connectivity index (χ1n) is 12.1. The summed E-state index contributed by atoms with van der Waals surface area (Å²) in [5.74, 6) is -1.53. The van der Waals surface area contributed by atoms with Gasteiger partial charge in [-0.1, -0.05) is 48.0 Å². The number of hydrogen-bond donors (Lipinski definition) is 1. The van der Waals surface area contributed by atoms with Crippen LogP contribution in [-0.4, -0.2) is 82.0 Å². The molecule has 2 fully saturated rings. The lowest BCUT2D eigenvalue weighted by Crippen LogP contribution is -2.53. The number of thioether (sulfide) groups is 1. The third-order valence-electron chi connectivity index (χ3n) is 7.63. The molecular weight excluding hydrogens is 486 g/mol. The minimum absolute atomic E-state index is 0.0214. The summed E-state index contributed by atoms with van der Waals surface area (Å²) in [6.07, 6.45) is 9.09. The number of hydrogen-bond acceptors (Lipinski definition) is 5. The molecule has 5 rings (SSSR count). The number of likely N-dealkylation sites (tertiary alicyclic amines) is 1. The summed E-state index contributed by atoms with van der Waals surface area (Å²) in [7, 11) is 1.76. The van der Waals surface area contributed by atoms with Gasteiger partial charge in [-0.25, -0.2) is 0 Å². The van der Waals surface area contributed by atoms with Gasteiger partial charge >= 0.3 is 0 Å². The van der Waals surface area contributed by atoms with Gasteiger partial charge in [0, 0.05) is 38.5 Å². The summed E-state index contributed by atoms with van der Waals surface area (Å²) in [4.78, 5) is 46.8. The van der Waals surface area contributed by atoms with Crippen molar-refractivity contribution in [2.45, 2.75) is 35.8 Å². The molecule has 1 unspecified atom stereocenters. The van der Waals surface area contributed by atoms with E-state index in [1.54, 1.807) is 39.6 Å². The fraction of sp³-hybridized carbons (Fsp3) is 0.500. The lowest BCUT2D eigenvalue weighted by atomic mass is 9.78. The number of amides is 3. The lowest BCUT2D eigenvalue weighted by Gasteiger charge is -2.35. The number of carbonyl (C=O) groups is 3. The summed E-state index contributed by atoms with van der Waals surface area (Å²) in [5.41, 5.74) is 1.53. The van der Waals surface area contributed by atoms with Crippen LogP contribution in [0, 0.1) is 18.8 Å². The Labute approximate surface area is 214 Å². The van der Waals surface area contributed by atoms with Crippen LogP contribution in [0.3, 0.4) is 0 Å². The highest BCUT2D eigenvalue weighted by molar-refractivity contribution is 8.02. The van der Waals surface area contributed by atoms with Gasteiger partial charge in [0.15, 0.2) is 0 Å². The molecule has 0 aromatic heterocycles. The van der Waals surface area contributed by atoms with Crippen LogP contribution in [0.5, 0.6) is 0 Å². The van der Waals surface area contributed by atoms with E-state index in [0.29, 0.717) is 43.2 Å². The van der Waals surface area contributed by atoms with Crippen LogP contribution >= 0.6 is 23.4 Å². The molecule has 1 aromatic carbocycles. The zero-order chi connectivity index (χ0) is 24.9. The predicted octanol–water partition coefficient (Wildman–Crippen LogP) is 2.65. The van der Waals surface area contributed by atoms with Crippen molar-refractivity contribution in [1.29, 1.82) is 0 Å². The molecule has 4 heterocycles. The molecule has 0 radical (unpaired) electrons. The fourth-order valence-corrected chi connectivity index (χ4v) is 8.39. The molecule has 0 bridgehead atoms. The Morgan fingerprint density at radius 1 is 1.11 bits per heavy atom. The first-order valence-corrected chi connectivity index (χ1v) is 13.3. The number of aryl methyl sites for hydroxylation is 1. The Hall–Kier alpha value is -2.29. The Morgan fingerprint density at radius 3 is 2.66 bits per heavy atom. The second kappa shape index (κ2) is 9.30. The molecule has 1 N–H and O–H groups in total. The quantitative estimate of drug-likeness (QED) is 0.481. The average Bonchev–Trinajstić information content (AvgIpc) is 3.14. The maximum Gasteiger partial charge on any atom is 0.251 e. The molecule has 0 saturated carbocycles. The van der Waals surface area contributed by atoms with E-state index in [2.05, 4.69) is 0 Å². The summed E-state index contributed by atoms with van der Waals surface area (Å²) in [5, 5.41) is 9.64. The van der Waals surface area contributed by atoms with Crippen LogP contribution in [-0.2, 0) is 14.4 Å². The maximum atomic E-state index is 14.3. The van der Waals surface area contributed by atoms with Gasteiger partial charge < -0.3 is 19.8 Å². The van der Waals surface area contributed by atoms with Crippen molar-refractivity contribution in [2.75, 3.05) is 38.2 Å². The lowest BCUT2D eigenvalue weighted by molar-refractivity contribution is -0.142. The average molecular weight is 516 g/mol. The molecule has 4 aliphatic rings. The van der Waals surface area contributed by atoms with E-state index < -0.39 is 22.6 Å². The van der Waals surface area contributed by atoms with Crippen molar-refractivity contribution in [3.8, 4) is 0 Å². The van der Waals surface area contributed by atoms with Gasteiger partial charge in [0.1, 0.15) is 6.04 Å². The van der Waals surface area contributed by atoms with Crippen molar-refractivity contribution in [2.24, 2.45) is 11.8 Å². The van der Waals surface area contributed by atoms with E-state index in [1.165, 1.54) is 0 Å². The van der Waals surface area contributed by atoms with E-state index in [4.69, 9.17) is 11.6 Å². The number of halogens is 1. The number of benzene rings is 1. The molecule has 7 nitrogen and oxygen atoms in total. The Bertz CT molecular complexity index is 1100. The van der Waals surface area contributed by atoms with Crippen molar-refractivity contribution in [1.82, 2.24) is 9.80 Å². The number of aliphatic hydroxyl groups is 1.